The monoisotopic (exact) mass is 193 g/mol. The van der Waals surface area contributed by atoms with Gasteiger partial charge in [0, 0.05) is 5.56 Å². The Kier molecular flexibility index (Phi) is 2.44. The molecule has 0 atom stereocenters. The van der Waals surface area contributed by atoms with Crippen LogP contribution in [0.2, 0.25) is 0 Å². The van der Waals surface area contributed by atoms with Crippen LogP contribution in [0.15, 0.2) is 41.3 Å². The van der Waals surface area contributed by atoms with Crippen molar-refractivity contribution in [3.05, 3.63) is 36.9 Å². The van der Waals surface area contributed by atoms with E-state index in [9.17, 15) is 4.39 Å². The molecule has 0 spiro atoms. The summed E-state index contributed by atoms with van der Waals surface area (Å²) >= 11 is 0. The van der Waals surface area contributed by atoms with E-state index >= 15 is 0 Å². The first-order valence-corrected chi connectivity index (χ1v) is 4.07. The molecule has 2 aromatic rings. The second kappa shape index (κ2) is 3.91. The first-order valence-electron chi connectivity index (χ1n) is 4.07. The molecule has 2 rings (SSSR count). The number of ether oxygens (including phenoxy) is 1. The average Bonchev–Trinajstić information content (AvgIpc) is 2.71. The van der Waals surface area contributed by atoms with Crippen molar-refractivity contribution in [2.75, 3.05) is 6.86 Å². The first-order chi connectivity index (χ1) is 6.90. The molecule has 0 aliphatic rings. The fourth-order valence-electron chi connectivity index (χ4n) is 1.16. The van der Waals surface area contributed by atoms with E-state index < -0.39 is 6.86 Å². The van der Waals surface area contributed by atoms with Crippen LogP contribution in [0.4, 0.5) is 4.39 Å². The topological polar surface area (TPSA) is 35.3 Å². The summed E-state index contributed by atoms with van der Waals surface area (Å²) in [5.41, 5.74) is 1.54. The van der Waals surface area contributed by atoms with Gasteiger partial charge in [-0.2, -0.15) is 0 Å². The van der Waals surface area contributed by atoms with Crippen LogP contribution in [0.25, 0.3) is 11.3 Å². The maximum Gasteiger partial charge on any atom is 0.228 e. The Hall–Kier alpha value is -1.84. The molecule has 0 saturated heterocycles. The molecule has 0 unspecified atom stereocenters. The summed E-state index contributed by atoms with van der Waals surface area (Å²) in [5, 5.41) is 0. The minimum Gasteiger partial charge on any atom is -0.463 e. The molecule has 0 bridgehead atoms. The summed E-state index contributed by atoms with van der Waals surface area (Å²) in [4.78, 5) is 3.97. The van der Waals surface area contributed by atoms with Crippen molar-refractivity contribution in [1.29, 1.82) is 0 Å². The molecule has 1 aromatic heterocycles. The minimum absolute atomic E-state index is 0.480. The molecular weight excluding hydrogens is 185 g/mol. The number of aromatic nitrogens is 1. The highest BCUT2D eigenvalue weighted by Crippen LogP contribution is 2.22. The van der Waals surface area contributed by atoms with Gasteiger partial charge in [0.05, 0.1) is 0 Å². The fraction of sp³-hybridized carbons (Fsp3) is 0.100. The molecule has 1 aromatic carbocycles. The Morgan fingerprint density at radius 2 is 2.36 bits per heavy atom. The number of rotatable bonds is 3. The fourth-order valence-corrected chi connectivity index (χ4v) is 1.16. The predicted octanol–water partition coefficient (Wildman–Crippen LogP) is 2.65. The van der Waals surface area contributed by atoms with Gasteiger partial charge in [-0.3, -0.25) is 0 Å². The van der Waals surface area contributed by atoms with Crippen LogP contribution in [0.1, 0.15) is 0 Å². The third-order valence-corrected chi connectivity index (χ3v) is 1.78. The van der Waals surface area contributed by atoms with Gasteiger partial charge in [-0.15, -0.1) is 0 Å². The van der Waals surface area contributed by atoms with Gasteiger partial charge in [-0.1, -0.05) is 12.1 Å². The van der Waals surface area contributed by atoms with Crippen molar-refractivity contribution in [3.8, 4) is 17.0 Å². The van der Waals surface area contributed by atoms with E-state index in [1.54, 1.807) is 18.2 Å². The number of hydrogen-bond acceptors (Lipinski definition) is 3. The molecule has 4 heteroatoms. The van der Waals surface area contributed by atoms with E-state index in [1.165, 1.54) is 12.7 Å². The van der Waals surface area contributed by atoms with Crippen molar-refractivity contribution in [1.82, 2.24) is 4.98 Å². The van der Waals surface area contributed by atoms with Crippen LogP contribution in [-0.2, 0) is 0 Å². The Morgan fingerprint density at radius 3 is 3.07 bits per heavy atom. The van der Waals surface area contributed by atoms with Crippen LogP contribution in [-0.4, -0.2) is 11.8 Å². The van der Waals surface area contributed by atoms with E-state index in [0.29, 0.717) is 11.4 Å². The summed E-state index contributed by atoms with van der Waals surface area (Å²) in [7, 11) is 0. The number of halogens is 1. The second-order valence-electron chi connectivity index (χ2n) is 2.65. The zero-order valence-electron chi connectivity index (χ0n) is 7.31. The van der Waals surface area contributed by atoms with Gasteiger partial charge in [-0.05, 0) is 12.1 Å². The van der Waals surface area contributed by atoms with Crippen molar-refractivity contribution >= 4 is 0 Å². The highest BCUT2D eigenvalue weighted by molar-refractivity contribution is 5.59. The summed E-state index contributed by atoms with van der Waals surface area (Å²) in [5.74, 6) is 0.480. The van der Waals surface area contributed by atoms with Gasteiger partial charge in [0.15, 0.2) is 6.39 Å². The largest absolute Gasteiger partial charge is 0.463 e. The number of oxazole rings is 1. The molecule has 0 saturated carbocycles. The maximum atomic E-state index is 11.9. The molecule has 0 aliphatic carbocycles. The van der Waals surface area contributed by atoms with Gasteiger partial charge in [0.1, 0.15) is 17.7 Å². The van der Waals surface area contributed by atoms with E-state index in [2.05, 4.69) is 4.98 Å². The molecular formula is C10H8FNO2. The average molecular weight is 193 g/mol. The highest BCUT2D eigenvalue weighted by Gasteiger charge is 2.01. The quantitative estimate of drug-likeness (QED) is 0.751. The van der Waals surface area contributed by atoms with Crippen LogP contribution < -0.4 is 4.74 Å². The van der Waals surface area contributed by atoms with Crippen molar-refractivity contribution in [2.24, 2.45) is 0 Å². The van der Waals surface area contributed by atoms with E-state index in [0.717, 1.165) is 5.56 Å². The standard InChI is InChI=1S/C10H8FNO2/c11-6-14-9-3-1-2-8(4-9)10-5-13-7-12-10/h1-5,7H,6H2. The lowest BCUT2D eigenvalue weighted by molar-refractivity contribution is 0.192. The van der Waals surface area contributed by atoms with Crippen molar-refractivity contribution in [3.63, 3.8) is 0 Å². The number of nitrogens with zero attached hydrogens (tertiary/aromatic N) is 1. The molecule has 3 nitrogen and oxygen atoms in total. The zero-order chi connectivity index (χ0) is 9.80. The van der Waals surface area contributed by atoms with E-state index in [-0.39, 0.29) is 0 Å². The highest BCUT2D eigenvalue weighted by atomic mass is 19.1. The van der Waals surface area contributed by atoms with Crippen LogP contribution in [0.3, 0.4) is 0 Å². The lowest BCUT2D eigenvalue weighted by atomic mass is 10.2. The second-order valence-corrected chi connectivity index (χ2v) is 2.65. The van der Waals surface area contributed by atoms with Crippen molar-refractivity contribution < 1.29 is 13.5 Å². The zero-order valence-corrected chi connectivity index (χ0v) is 7.31. The lowest BCUT2D eigenvalue weighted by Gasteiger charge is -2.01. The first kappa shape index (κ1) is 8.74. The molecule has 14 heavy (non-hydrogen) atoms. The Morgan fingerprint density at radius 1 is 1.43 bits per heavy atom. The van der Waals surface area contributed by atoms with Gasteiger partial charge >= 0.3 is 0 Å². The number of hydrogen-bond donors (Lipinski definition) is 0. The number of alkyl halides is 1. The van der Waals surface area contributed by atoms with Gasteiger partial charge < -0.3 is 9.15 Å². The molecule has 72 valence electrons. The maximum absolute atomic E-state index is 11.9. The molecule has 0 amide bonds. The Balaban J connectivity index is 2.31. The van der Waals surface area contributed by atoms with Gasteiger partial charge in [0.25, 0.3) is 0 Å². The summed E-state index contributed by atoms with van der Waals surface area (Å²) in [6.45, 7) is -0.831. The van der Waals surface area contributed by atoms with Crippen LogP contribution in [0.5, 0.6) is 5.75 Å². The van der Waals surface area contributed by atoms with Crippen molar-refractivity contribution in [2.45, 2.75) is 0 Å². The SMILES string of the molecule is FCOc1cccc(-c2cocn2)c1. The Labute approximate surface area is 80.1 Å². The minimum atomic E-state index is -0.831. The molecule has 0 radical (unpaired) electrons. The summed E-state index contributed by atoms with van der Waals surface area (Å²) in [6, 6.07) is 7.01. The van der Waals surface area contributed by atoms with Crippen LogP contribution in [0, 0.1) is 0 Å². The van der Waals surface area contributed by atoms with E-state index in [4.69, 9.17) is 9.15 Å². The molecule has 0 fully saturated rings. The van der Waals surface area contributed by atoms with E-state index in [1.807, 2.05) is 6.07 Å². The smallest absolute Gasteiger partial charge is 0.228 e. The molecule has 1 heterocycles. The van der Waals surface area contributed by atoms with Gasteiger partial charge in [0.2, 0.25) is 6.86 Å². The Bertz CT molecular complexity index is 400. The normalized spacial score (nSPS) is 10.1. The lowest BCUT2D eigenvalue weighted by Crippen LogP contribution is -1.89. The summed E-state index contributed by atoms with van der Waals surface area (Å²) in [6.07, 6.45) is 2.87. The third kappa shape index (κ3) is 1.74. The molecule has 0 N–H and O–H groups in total. The summed E-state index contributed by atoms with van der Waals surface area (Å²) < 4.78 is 21.5. The van der Waals surface area contributed by atoms with Crippen LogP contribution >= 0.6 is 0 Å². The molecule has 0 aliphatic heterocycles. The number of benzene rings is 1. The predicted molar refractivity (Wildman–Crippen MR) is 48.5 cm³/mol. The third-order valence-electron chi connectivity index (χ3n) is 1.78. The van der Waals surface area contributed by atoms with Gasteiger partial charge in [-0.25, -0.2) is 9.37 Å².